The van der Waals surface area contributed by atoms with E-state index in [9.17, 15) is 0 Å². The van der Waals surface area contributed by atoms with Gasteiger partial charge in [-0.2, -0.15) is 4.98 Å². The Morgan fingerprint density at radius 2 is 2.27 bits per heavy atom. The number of aromatic nitrogens is 5. The van der Waals surface area contributed by atoms with Gasteiger partial charge in [0.2, 0.25) is 5.28 Å². The fourth-order valence-electron chi connectivity index (χ4n) is 3.28. The summed E-state index contributed by atoms with van der Waals surface area (Å²) in [5.74, 6) is 1.51. The van der Waals surface area contributed by atoms with Gasteiger partial charge in [-0.25, -0.2) is 14.5 Å². The molecule has 1 unspecified atom stereocenters. The van der Waals surface area contributed by atoms with E-state index in [1.807, 2.05) is 17.5 Å². The third kappa shape index (κ3) is 3.78. The van der Waals surface area contributed by atoms with Crippen LogP contribution in [-0.4, -0.2) is 30.6 Å². The number of nitrogens with one attached hydrogen (secondary N) is 1. The summed E-state index contributed by atoms with van der Waals surface area (Å²) >= 11 is 6.14. The fourth-order valence-corrected chi connectivity index (χ4v) is 3.44. The minimum Gasteiger partial charge on any atom is -0.363 e. The highest BCUT2D eigenvalue weighted by Crippen LogP contribution is 2.34. The van der Waals surface area contributed by atoms with E-state index < -0.39 is 0 Å². The molecule has 3 aromatic rings. The number of rotatable bonds is 7. The highest BCUT2D eigenvalue weighted by molar-refractivity contribution is 6.28. The van der Waals surface area contributed by atoms with Crippen LogP contribution >= 0.6 is 11.6 Å². The molecule has 4 rings (SSSR count). The molecule has 3 heterocycles. The summed E-state index contributed by atoms with van der Waals surface area (Å²) in [5.41, 5.74) is 10.4. The molecule has 136 valence electrons. The predicted octanol–water partition coefficient (Wildman–Crippen LogP) is 2.76. The number of nitrogens with two attached hydrogens (primary N) is 1. The normalized spacial score (nSPS) is 15.3. The van der Waals surface area contributed by atoms with Crippen molar-refractivity contribution in [2.75, 3.05) is 5.32 Å². The lowest BCUT2D eigenvalue weighted by atomic mass is 10.0. The van der Waals surface area contributed by atoms with Crippen molar-refractivity contribution >= 4 is 22.9 Å². The Kier molecular flexibility index (Phi) is 4.74. The van der Waals surface area contributed by atoms with E-state index in [1.165, 1.54) is 24.7 Å². The molecule has 26 heavy (non-hydrogen) atoms. The van der Waals surface area contributed by atoms with Crippen LogP contribution in [0.2, 0.25) is 5.28 Å². The molecule has 8 heteroatoms. The Balaban J connectivity index is 1.59. The van der Waals surface area contributed by atoms with E-state index in [2.05, 4.69) is 31.4 Å². The molecule has 3 N–H and O–H groups in total. The van der Waals surface area contributed by atoms with Crippen LogP contribution in [0, 0.1) is 12.8 Å². The lowest BCUT2D eigenvalue weighted by Gasteiger charge is -2.10. The average Bonchev–Trinajstić information content (AvgIpc) is 3.39. The van der Waals surface area contributed by atoms with E-state index in [4.69, 9.17) is 17.3 Å². The van der Waals surface area contributed by atoms with E-state index >= 15 is 0 Å². The first kappa shape index (κ1) is 17.2. The van der Waals surface area contributed by atoms with Gasteiger partial charge in [0, 0.05) is 17.9 Å². The predicted molar refractivity (Wildman–Crippen MR) is 101 cm³/mol. The first-order valence-corrected chi connectivity index (χ1v) is 9.27. The second-order valence-corrected chi connectivity index (χ2v) is 7.32. The van der Waals surface area contributed by atoms with Crippen LogP contribution in [0.3, 0.4) is 0 Å². The van der Waals surface area contributed by atoms with E-state index in [0.717, 1.165) is 35.7 Å². The summed E-state index contributed by atoms with van der Waals surface area (Å²) in [6.45, 7) is 2.58. The van der Waals surface area contributed by atoms with Crippen molar-refractivity contribution in [2.24, 2.45) is 11.7 Å². The van der Waals surface area contributed by atoms with Gasteiger partial charge in [-0.05, 0) is 55.0 Å². The molecule has 1 aliphatic rings. The van der Waals surface area contributed by atoms with Crippen molar-refractivity contribution in [3.8, 4) is 0 Å². The molecule has 1 atom stereocenters. The third-order valence-corrected chi connectivity index (χ3v) is 5.01. The summed E-state index contributed by atoms with van der Waals surface area (Å²) in [5, 5.41) is 7.86. The number of fused-ring (bicyclic) bond motifs is 1. The molecule has 1 saturated carbocycles. The number of aryl methyl sites for hydroxylation is 1. The molecule has 1 aliphatic carbocycles. The van der Waals surface area contributed by atoms with Gasteiger partial charge in [0.1, 0.15) is 11.8 Å². The Labute approximate surface area is 157 Å². The van der Waals surface area contributed by atoms with E-state index in [0.29, 0.717) is 12.4 Å². The number of nitrogens with zero attached hydrogens (tertiary/aromatic N) is 5. The zero-order valence-electron chi connectivity index (χ0n) is 14.7. The van der Waals surface area contributed by atoms with Crippen molar-refractivity contribution in [1.82, 2.24) is 24.6 Å². The number of hydrogen-bond donors (Lipinski definition) is 2. The first-order chi connectivity index (χ1) is 12.6. The molecular formula is C18H22ClN7. The zero-order valence-corrected chi connectivity index (χ0v) is 15.4. The summed E-state index contributed by atoms with van der Waals surface area (Å²) in [4.78, 5) is 12.5. The molecule has 0 saturated heterocycles. The molecule has 0 aromatic carbocycles. The number of anilines is 1. The Morgan fingerprint density at radius 3 is 3.00 bits per heavy atom. The van der Waals surface area contributed by atoms with Crippen LogP contribution < -0.4 is 11.1 Å². The molecule has 0 amide bonds. The molecular weight excluding hydrogens is 350 g/mol. The van der Waals surface area contributed by atoms with Crippen molar-refractivity contribution in [2.45, 2.75) is 45.2 Å². The van der Waals surface area contributed by atoms with Crippen molar-refractivity contribution in [3.05, 3.63) is 46.9 Å². The maximum Gasteiger partial charge on any atom is 0.243 e. The SMILES string of the molecule is Cc1c(CC(N)CC2CC2)cc2c(NCc3ccncn3)nc(Cl)nn12. The van der Waals surface area contributed by atoms with Gasteiger partial charge < -0.3 is 11.1 Å². The highest BCUT2D eigenvalue weighted by atomic mass is 35.5. The van der Waals surface area contributed by atoms with Crippen LogP contribution in [0.15, 0.2) is 24.7 Å². The molecule has 0 spiro atoms. The fraction of sp³-hybridized carbons (Fsp3) is 0.444. The molecule has 7 nitrogen and oxygen atoms in total. The van der Waals surface area contributed by atoms with E-state index in [1.54, 1.807) is 6.20 Å². The second kappa shape index (κ2) is 7.17. The van der Waals surface area contributed by atoms with Gasteiger partial charge >= 0.3 is 0 Å². The highest BCUT2D eigenvalue weighted by Gasteiger charge is 2.24. The smallest absolute Gasteiger partial charge is 0.243 e. The largest absolute Gasteiger partial charge is 0.363 e. The summed E-state index contributed by atoms with van der Waals surface area (Å²) < 4.78 is 1.84. The Bertz CT molecular complexity index is 905. The number of hydrogen-bond acceptors (Lipinski definition) is 6. The van der Waals surface area contributed by atoms with Crippen molar-refractivity contribution in [3.63, 3.8) is 0 Å². The van der Waals surface area contributed by atoms with Gasteiger partial charge in [-0.1, -0.05) is 12.8 Å². The quantitative estimate of drug-likeness (QED) is 0.663. The minimum atomic E-state index is 0.180. The van der Waals surface area contributed by atoms with Crippen LogP contribution in [0.1, 0.15) is 36.2 Å². The standard InChI is InChI=1S/C18H22ClN7/c1-11-13(7-14(20)6-12-2-3-12)8-16-17(24-18(19)25-26(11)16)22-9-15-4-5-21-10-23-15/h4-5,8,10,12,14H,2-3,6-7,9,20H2,1H3,(H,22,24,25). The monoisotopic (exact) mass is 371 g/mol. The van der Waals surface area contributed by atoms with E-state index in [-0.39, 0.29) is 11.3 Å². The summed E-state index contributed by atoms with van der Waals surface area (Å²) in [6.07, 6.45) is 7.82. The maximum atomic E-state index is 6.34. The molecule has 0 radical (unpaired) electrons. The van der Waals surface area contributed by atoms with Gasteiger partial charge in [0.25, 0.3) is 0 Å². The van der Waals surface area contributed by atoms with Gasteiger partial charge in [-0.15, -0.1) is 5.10 Å². The van der Waals surface area contributed by atoms with Crippen molar-refractivity contribution in [1.29, 1.82) is 0 Å². The molecule has 1 fully saturated rings. The lowest BCUT2D eigenvalue weighted by Crippen LogP contribution is -2.23. The zero-order chi connectivity index (χ0) is 18.1. The van der Waals surface area contributed by atoms with Crippen LogP contribution in [-0.2, 0) is 13.0 Å². The van der Waals surface area contributed by atoms with Gasteiger partial charge in [-0.3, -0.25) is 0 Å². The number of halogens is 1. The Hall–Kier alpha value is -2.25. The topological polar surface area (TPSA) is 94.0 Å². The maximum absolute atomic E-state index is 6.34. The van der Waals surface area contributed by atoms with Crippen LogP contribution in [0.5, 0.6) is 0 Å². The van der Waals surface area contributed by atoms with Crippen molar-refractivity contribution < 1.29 is 0 Å². The summed E-state index contributed by atoms with van der Waals surface area (Å²) in [6, 6.07) is 4.15. The van der Waals surface area contributed by atoms with Crippen LogP contribution in [0.4, 0.5) is 5.82 Å². The summed E-state index contributed by atoms with van der Waals surface area (Å²) in [7, 11) is 0. The minimum absolute atomic E-state index is 0.180. The van der Waals surface area contributed by atoms with Crippen LogP contribution in [0.25, 0.3) is 5.52 Å². The lowest BCUT2D eigenvalue weighted by molar-refractivity contribution is 0.565. The molecule has 0 aliphatic heterocycles. The molecule has 3 aromatic heterocycles. The second-order valence-electron chi connectivity index (χ2n) is 6.98. The first-order valence-electron chi connectivity index (χ1n) is 8.89. The average molecular weight is 372 g/mol. The third-order valence-electron chi connectivity index (χ3n) is 4.85. The van der Waals surface area contributed by atoms with Gasteiger partial charge in [0.05, 0.1) is 12.2 Å². The Morgan fingerprint density at radius 1 is 1.42 bits per heavy atom. The molecule has 0 bridgehead atoms. The van der Waals surface area contributed by atoms with Gasteiger partial charge in [0.15, 0.2) is 5.82 Å².